The smallest absolute Gasteiger partial charge is 0.426 e. The second kappa shape index (κ2) is 10.3. The van der Waals surface area contributed by atoms with E-state index in [1.54, 1.807) is 32.3 Å². The Kier molecular flexibility index (Phi) is 7.89. The van der Waals surface area contributed by atoms with Crippen molar-refractivity contribution in [3.63, 3.8) is 0 Å². The van der Waals surface area contributed by atoms with Crippen LogP contribution in [0.15, 0.2) is 9.59 Å². The minimum atomic E-state index is -0.889. The van der Waals surface area contributed by atoms with Crippen molar-refractivity contribution >= 4 is 33.7 Å². The van der Waals surface area contributed by atoms with Gasteiger partial charge in [-0.15, -0.1) is 11.3 Å². The molecule has 1 saturated heterocycles. The molecular weight excluding hydrogens is 486 g/mol. The Labute approximate surface area is 214 Å². The van der Waals surface area contributed by atoms with Crippen LogP contribution >= 0.6 is 11.3 Å². The summed E-state index contributed by atoms with van der Waals surface area (Å²) in [5, 5.41) is 1.35. The summed E-state index contributed by atoms with van der Waals surface area (Å²) in [5.41, 5.74) is 6.68. The van der Waals surface area contributed by atoms with Gasteiger partial charge in [0.25, 0.3) is 5.56 Å². The number of carbonyl (C=O) groups excluding carboxylic acids is 2. The van der Waals surface area contributed by atoms with Gasteiger partial charge in [-0.2, -0.15) is 0 Å². The molecule has 1 aliphatic rings. The number of nitrogens with two attached hydrogens (primary N) is 1. The van der Waals surface area contributed by atoms with E-state index in [2.05, 4.69) is 5.43 Å². The highest BCUT2D eigenvalue weighted by Gasteiger charge is 2.27. The van der Waals surface area contributed by atoms with Gasteiger partial charge < -0.3 is 15.2 Å². The van der Waals surface area contributed by atoms with Crippen LogP contribution in [0.5, 0.6) is 0 Å². The van der Waals surface area contributed by atoms with E-state index in [1.807, 2.05) is 20.8 Å². The SMILES string of the molecule is Cc1c(CN(NC(=O)OC(C)(C)C)C(N)=O)sc2c1c(=O)n(CC(C)(C)C)c(=O)n2CC1CCCO1. The number of hydrogen-bond acceptors (Lipinski definition) is 7. The van der Waals surface area contributed by atoms with Gasteiger partial charge in [-0.3, -0.25) is 13.9 Å². The molecule has 12 heteroatoms. The summed E-state index contributed by atoms with van der Waals surface area (Å²) in [7, 11) is 0. The third-order valence-electron chi connectivity index (χ3n) is 5.63. The molecule has 200 valence electrons. The number of urea groups is 1. The molecular formula is C24H37N5O6S. The van der Waals surface area contributed by atoms with E-state index in [4.69, 9.17) is 15.2 Å². The van der Waals surface area contributed by atoms with Gasteiger partial charge in [0.05, 0.1) is 24.6 Å². The second-order valence-electron chi connectivity index (χ2n) is 11.3. The molecule has 11 nitrogen and oxygen atoms in total. The molecule has 3 heterocycles. The molecule has 1 unspecified atom stereocenters. The van der Waals surface area contributed by atoms with Gasteiger partial charge in [0.1, 0.15) is 10.4 Å². The van der Waals surface area contributed by atoms with Crippen LogP contribution in [0.2, 0.25) is 0 Å². The fourth-order valence-electron chi connectivity index (χ4n) is 4.09. The van der Waals surface area contributed by atoms with E-state index in [-0.39, 0.29) is 35.9 Å². The largest absolute Gasteiger partial charge is 0.443 e. The summed E-state index contributed by atoms with van der Waals surface area (Å²) in [4.78, 5) is 52.5. The normalized spacial score (nSPS) is 16.4. The number of rotatable bonds is 5. The number of hydrazine groups is 1. The molecule has 0 radical (unpaired) electrons. The number of aryl methyl sites for hydroxylation is 1. The first kappa shape index (κ1) is 27.7. The molecule has 3 amide bonds. The molecule has 0 saturated carbocycles. The first-order chi connectivity index (χ1) is 16.6. The Morgan fingerprint density at radius 2 is 1.86 bits per heavy atom. The van der Waals surface area contributed by atoms with Gasteiger partial charge >= 0.3 is 17.8 Å². The Morgan fingerprint density at radius 1 is 1.19 bits per heavy atom. The van der Waals surface area contributed by atoms with Crippen molar-refractivity contribution in [2.24, 2.45) is 11.1 Å². The number of fused-ring (bicyclic) bond motifs is 1. The summed E-state index contributed by atoms with van der Waals surface area (Å²) in [5.74, 6) is 0. The van der Waals surface area contributed by atoms with Gasteiger partial charge in [0.15, 0.2) is 0 Å². The lowest BCUT2D eigenvalue weighted by Gasteiger charge is -2.24. The highest BCUT2D eigenvalue weighted by atomic mass is 32.1. The molecule has 3 rings (SSSR count). The Hall–Kier alpha value is -2.86. The maximum atomic E-state index is 13.5. The number of thiophene rings is 1. The zero-order valence-corrected chi connectivity index (χ0v) is 22.9. The fraction of sp³-hybridized carbons (Fsp3) is 0.667. The van der Waals surface area contributed by atoms with E-state index in [0.29, 0.717) is 33.8 Å². The van der Waals surface area contributed by atoms with Crippen LogP contribution in [0.3, 0.4) is 0 Å². The first-order valence-electron chi connectivity index (χ1n) is 12.0. The molecule has 3 N–H and O–H groups in total. The van der Waals surface area contributed by atoms with Crippen LogP contribution in [0.4, 0.5) is 9.59 Å². The number of amides is 3. The number of carbonyl (C=O) groups is 2. The zero-order chi connectivity index (χ0) is 27.0. The lowest BCUT2D eigenvalue weighted by molar-refractivity contribution is 0.0376. The Bertz CT molecular complexity index is 1260. The monoisotopic (exact) mass is 523 g/mol. The summed E-state index contributed by atoms with van der Waals surface area (Å²) in [6.45, 7) is 13.9. The quantitative estimate of drug-likeness (QED) is 0.578. The summed E-state index contributed by atoms with van der Waals surface area (Å²) in [6.07, 6.45) is 0.804. The van der Waals surface area contributed by atoms with E-state index < -0.39 is 17.7 Å². The predicted octanol–water partition coefficient (Wildman–Crippen LogP) is 3.08. The number of aromatic nitrogens is 2. The summed E-state index contributed by atoms with van der Waals surface area (Å²) >= 11 is 1.23. The van der Waals surface area contributed by atoms with Crippen molar-refractivity contribution in [2.75, 3.05) is 6.61 Å². The maximum Gasteiger partial charge on any atom is 0.426 e. The van der Waals surface area contributed by atoms with Crippen LogP contribution in [0, 0.1) is 12.3 Å². The molecule has 0 spiro atoms. The predicted molar refractivity (Wildman–Crippen MR) is 138 cm³/mol. The molecule has 0 aliphatic carbocycles. The molecule has 1 aliphatic heterocycles. The number of nitrogens with zero attached hydrogens (tertiary/aromatic N) is 3. The molecule has 36 heavy (non-hydrogen) atoms. The molecule has 2 aromatic heterocycles. The van der Waals surface area contributed by atoms with Crippen molar-refractivity contribution in [1.82, 2.24) is 19.6 Å². The molecule has 2 aromatic rings. The first-order valence-corrected chi connectivity index (χ1v) is 12.8. The van der Waals surface area contributed by atoms with Crippen LogP contribution in [0.1, 0.15) is 64.8 Å². The van der Waals surface area contributed by atoms with E-state index in [9.17, 15) is 19.2 Å². The highest BCUT2D eigenvalue weighted by Crippen LogP contribution is 2.30. The molecule has 0 aromatic carbocycles. The van der Waals surface area contributed by atoms with Crippen molar-refractivity contribution < 1.29 is 19.1 Å². The minimum absolute atomic E-state index is 0.0907. The number of hydrogen-bond donors (Lipinski definition) is 2. The Morgan fingerprint density at radius 3 is 2.39 bits per heavy atom. The third kappa shape index (κ3) is 6.47. The fourth-order valence-corrected chi connectivity index (χ4v) is 5.37. The average Bonchev–Trinajstić information content (AvgIpc) is 3.34. The van der Waals surface area contributed by atoms with Crippen LogP contribution < -0.4 is 22.4 Å². The van der Waals surface area contributed by atoms with Crippen LogP contribution in [-0.2, 0) is 29.1 Å². The third-order valence-corrected chi connectivity index (χ3v) is 6.93. The zero-order valence-electron chi connectivity index (χ0n) is 22.1. The Balaban J connectivity index is 2.09. The van der Waals surface area contributed by atoms with Crippen molar-refractivity contribution in [3.8, 4) is 0 Å². The van der Waals surface area contributed by atoms with E-state index in [1.165, 1.54) is 15.9 Å². The van der Waals surface area contributed by atoms with Gasteiger partial charge in [-0.25, -0.2) is 24.8 Å². The minimum Gasteiger partial charge on any atom is -0.443 e. The van der Waals surface area contributed by atoms with Gasteiger partial charge in [0, 0.05) is 18.0 Å². The second-order valence-corrected chi connectivity index (χ2v) is 12.4. The van der Waals surface area contributed by atoms with Crippen molar-refractivity contribution in [3.05, 3.63) is 31.3 Å². The lowest BCUT2D eigenvalue weighted by Crippen LogP contribution is -2.49. The van der Waals surface area contributed by atoms with E-state index in [0.717, 1.165) is 17.9 Å². The molecule has 1 fully saturated rings. The lowest BCUT2D eigenvalue weighted by atomic mass is 9.97. The standard InChI is InChI=1S/C24H37N5O6S/c1-14-16(12-29(20(25)31)26-21(32)35-24(5,6)7)36-19-17(14)18(30)28(13-23(2,3)4)22(33)27(19)11-15-9-8-10-34-15/h15H,8-13H2,1-7H3,(H2,25,31)(H,26,32). The van der Waals surface area contributed by atoms with Gasteiger partial charge in [-0.1, -0.05) is 20.8 Å². The maximum absolute atomic E-state index is 13.5. The number of ether oxygens (including phenoxy) is 2. The van der Waals surface area contributed by atoms with Crippen LogP contribution in [-0.4, -0.2) is 44.6 Å². The highest BCUT2D eigenvalue weighted by molar-refractivity contribution is 7.18. The summed E-state index contributed by atoms with van der Waals surface area (Å²) < 4.78 is 13.9. The van der Waals surface area contributed by atoms with Gasteiger partial charge in [-0.05, 0) is 51.5 Å². The average molecular weight is 524 g/mol. The van der Waals surface area contributed by atoms with Crippen molar-refractivity contribution in [2.45, 2.75) is 92.6 Å². The number of nitrogens with one attached hydrogen (secondary N) is 1. The van der Waals surface area contributed by atoms with Gasteiger partial charge in [0.2, 0.25) is 0 Å². The van der Waals surface area contributed by atoms with Crippen LogP contribution in [0.25, 0.3) is 10.2 Å². The number of primary amides is 1. The molecule has 0 bridgehead atoms. The molecule has 1 atom stereocenters. The van der Waals surface area contributed by atoms with E-state index >= 15 is 0 Å². The topological polar surface area (TPSA) is 138 Å². The van der Waals surface area contributed by atoms with Crippen molar-refractivity contribution in [1.29, 1.82) is 0 Å². The summed E-state index contributed by atoms with van der Waals surface area (Å²) in [6, 6.07) is -0.889.